The maximum Gasteiger partial charge on any atom is 0.255 e. The molecule has 2 aromatic heterocycles. The number of pyridine rings is 1. The SMILES string of the molecule is Cc1c(NC(=O)c2ccncc2)cccc1-c1ccc(C(N)=O)c2[nH]c3cc(C(=O)N4CCN(C)CC4)ccc3c12. The van der Waals surface area contributed by atoms with Crippen molar-refractivity contribution in [3.05, 3.63) is 95.3 Å². The van der Waals surface area contributed by atoms with Crippen LogP contribution in [0.4, 0.5) is 5.69 Å². The summed E-state index contributed by atoms with van der Waals surface area (Å²) >= 11 is 0. The minimum absolute atomic E-state index is 0.0116. The molecule has 9 nitrogen and oxygen atoms in total. The normalized spacial score (nSPS) is 14.0. The Morgan fingerprint density at radius 1 is 0.902 bits per heavy atom. The Morgan fingerprint density at radius 2 is 1.66 bits per heavy atom. The van der Waals surface area contributed by atoms with Gasteiger partial charge in [0.25, 0.3) is 17.7 Å². The molecule has 1 aliphatic heterocycles. The van der Waals surface area contributed by atoms with E-state index in [1.165, 1.54) is 0 Å². The maximum atomic E-state index is 13.3. The molecule has 3 aromatic carbocycles. The molecule has 0 radical (unpaired) electrons. The standard InChI is InChI=1S/C32H30N6O3/c1-19-22(4-3-5-26(19)36-31(40)20-10-12-34-13-11-20)23-8-9-25(30(33)39)29-28(23)24-7-6-21(18-27(24)35-29)32(41)38-16-14-37(2)15-17-38/h3-13,18,35H,14-17H2,1-2H3,(H2,33,39)(H,36,40). The topological polar surface area (TPSA) is 124 Å². The summed E-state index contributed by atoms with van der Waals surface area (Å²) in [6, 6.07) is 18.3. The number of likely N-dealkylation sites (N-methyl/N-ethyl adjacent to an activating group) is 1. The number of H-pyrrole nitrogens is 1. The van der Waals surface area contributed by atoms with E-state index in [2.05, 4.69) is 27.2 Å². The first-order valence-corrected chi connectivity index (χ1v) is 13.5. The summed E-state index contributed by atoms with van der Waals surface area (Å²) < 4.78 is 0. The fourth-order valence-electron chi connectivity index (χ4n) is 5.53. The molecule has 41 heavy (non-hydrogen) atoms. The molecule has 206 valence electrons. The molecule has 1 saturated heterocycles. The van der Waals surface area contributed by atoms with E-state index in [9.17, 15) is 14.4 Å². The zero-order valence-corrected chi connectivity index (χ0v) is 22.9. The third-order valence-electron chi connectivity index (χ3n) is 7.87. The number of hydrogen-bond acceptors (Lipinski definition) is 5. The third-order valence-corrected chi connectivity index (χ3v) is 7.87. The van der Waals surface area contributed by atoms with Gasteiger partial charge in [0, 0.05) is 71.7 Å². The van der Waals surface area contributed by atoms with Crippen LogP contribution in [-0.2, 0) is 0 Å². The molecular weight excluding hydrogens is 516 g/mol. The number of nitrogens with zero attached hydrogens (tertiary/aromatic N) is 3. The summed E-state index contributed by atoms with van der Waals surface area (Å²) in [7, 11) is 2.05. The molecule has 9 heteroatoms. The van der Waals surface area contributed by atoms with Crippen molar-refractivity contribution in [1.82, 2.24) is 19.8 Å². The van der Waals surface area contributed by atoms with Crippen LogP contribution in [0.3, 0.4) is 0 Å². The lowest BCUT2D eigenvalue weighted by molar-refractivity contribution is 0.0664. The Balaban J connectivity index is 1.44. The van der Waals surface area contributed by atoms with E-state index >= 15 is 0 Å². The van der Waals surface area contributed by atoms with Crippen molar-refractivity contribution < 1.29 is 14.4 Å². The molecule has 1 aliphatic rings. The van der Waals surface area contributed by atoms with Crippen LogP contribution in [0.5, 0.6) is 0 Å². The quantitative estimate of drug-likeness (QED) is 0.301. The van der Waals surface area contributed by atoms with Gasteiger partial charge in [0.2, 0.25) is 0 Å². The van der Waals surface area contributed by atoms with Gasteiger partial charge in [-0.2, -0.15) is 0 Å². The molecule has 4 N–H and O–H groups in total. The van der Waals surface area contributed by atoms with Gasteiger partial charge in [-0.1, -0.05) is 24.3 Å². The number of hydrogen-bond donors (Lipinski definition) is 3. The van der Waals surface area contributed by atoms with E-state index in [1.54, 1.807) is 30.6 Å². The highest BCUT2D eigenvalue weighted by molar-refractivity contribution is 6.20. The zero-order chi connectivity index (χ0) is 28.7. The van der Waals surface area contributed by atoms with E-state index < -0.39 is 5.91 Å². The lowest BCUT2D eigenvalue weighted by atomic mass is 9.93. The highest BCUT2D eigenvalue weighted by Crippen LogP contribution is 2.39. The van der Waals surface area contributed by atoms with E-state index in [0.29, 0.717) is 41.0 Å². The second-order valence-electron chi connectivity index (χ2n) is 10.4. The molecule has 0 atom stereocenters. The minimum atomic E-state index is -0.545. The average molecular weight is 547 g/mol. The fraction of sp³-hybridized carbons (Fsp3) is 0.188. The van der Waals surface area contributed by atoms with Gasteiger partial charge in [-0.05, 0) is 67.1 Å². The largest absolute Gasteiger partial charge is 0.366 e. The van der Waals surface area contributed by atoms with Gasteiger partial charge < -0.3 is 25.8 Å². The van der Waals surface area contributed by atoms with E-state index in [-0.39, 0.29) is 11.8 Å². The van der Waals surface area contributed by atoms with Gasteiger partial charge in [-0.15, -0.1) is 0 Å². The van der Waals surface area contributed by atoms with Gasteiger partial charge >= 0.3 is 0 Å². The number of nitrogens with two attached hydrogens (primary N) is 1. The number of anilines is 1. The van der Waals surface area contributed by atoms with E-state index in [4.69, 9.17) is 5.73 Å². The zero-order valence-electron chi connectivity index (χ0n) is 22.9. The van der Waals surface area contributed by atoms with Crippen LogP contribution in [0, 0.1) is 6.92 Å². The van der Waals surface area contributed by atoms with Crippen molar-refractivity contribution in [2.24, 2.45) is 5.73 Å². The molecule has 0 bridgehead atoms. The number of aromatic nitrogens is 2. The number of fused-ring (bicyclic) bond motifs is 3. The molecule has 1 fully saturated rings. The second kappa shape index (κ2) is 10.5. The van der Waals surface area contributed by atoms with Crippen LogP contribution in [-0.4, -0.2) is 70.7 Å². The highest BCUT2D eigenvalue weighted by Gasteiger charge is 2.23. The monoisotopic (exact) mass is 546 g/mol. The Bertz CT molecular complexity index is 1820. The molecule has 3 heterocycles. The molecule has 0 spiro atoms. The van der Waals surface area contributed by atoms with Crippen LogP contribution in [0.2, 0.25) is 0 Å². The number of amides is 3. The average Bonchev–Trinajstić information content (AvgIpc) is 3.37. The summed E-state index contributed by atoms with van der Waals surface area (Å²) in [5.41, 5.74) is 11.9. The van der Waals surface area contributed by atoms with Gasteiger partial charge in [-0.3, -0.25) is 19.4 Å². The maximum absolute atomic E-state index is 13.3. The van der Waals surface area contributed by atoms with Gasteiger partial charge in [-0.25, -0.2) is 0 Å². The van der Waals surface area contributed by atoms with Crippen molar-refractivity contribution in [3.8, 4) is 11.1 Å². The number of rotatable bonds is 5. The Kier molecular flexibility index (Phi) is 6.72. The van der Waals surface area contributed by atoms with Crippen LogP contribution in [0.25, 0.3) is 32.9 Å². The van der Waals surface area contributed by atoms with Crippen LogP contribution >= 0.6 is 0 Å². The number of primary amides is 1. The molecule has 0 aliphatic carbocycles. The van der Waals surface area contributed by atoms with Gasteiger partial charge in [0.15, 0.2) is 0 Å². The molecule has 3 amide bonds. The van der Waals surface area contributed by atoms with Crippen molar-refractivity contribution in [2.45, 2.75) is 6.92 Å². The van der Waals surface area contributed by atoms with Crippen LogP contribution in [0.15, 0.2) is 73.1 Å². The summed E-state index contributed by atoms with van der Waals surface area (Å²) in [6.07, 6.45) is 3.16. The van der Waals surface area contributed by atoms with E-state index in [0.717, 1.165) is 46.1 Å². The van der Waals surface area contributed by atoms with E-state index in [1.807, 2.05) is 54.3 Å². The number of piperazine rings is 1. The smallest absolute Gasteiger partial charge is 0.255 e. The number of carbonyl (C=O) groups is 3. The Labute approximate surface area is 237 Å². The highest BCUT2D eigenvalue weighted by atomic mass is 16.2. The minimum Gasteiger partial charge on any atom is -0.366 e. The Hall–Kier alpha value is -5.02. The summed E-state index contributed by atoms with van der Waals surface area (Å²) in [4.78, 5) is 50.0. The summed E-state index contributed by atoms with van der Waals surface area (Å²) in [6.45, 7) is 5.00. The lowest BCUT2D eigenvalue weighted by Gasteiger charge is -2.32. The van der Waals surface area contributed by atoms with Crippen molar-refractivity contribution in [2.75, 3.05) is 38.5 Å². The van der Waals surface area contributed by atoms with Crippen molar-refractivity contribution in [1.29, 1.82) is 0 Å². The fourth-order valence-corrected chi connectivity index (χ4v) is 5.53. The lowest BCUT2D eigenvalue weighted by Crippen LogP contribution is -2.47. The first kappa shape index (κ1) is 26.2. The van der Waals surface area contributed by atoms with Gasteiger partial charge in [0.1, 0.15) is 0 Å². The van der Waals surface area contributed by atoms with Crippen molar-refractivity contribution >= 4 is 45.2 Å². The van der Waals surface area contributed by atoms with Crippen LogP contribution in [0.1, 0.15) is 36.6 Å². The number of benzene rings is 3. The number of nitrogens with one attached hydrogen (secondary N) is 2. The predicted molar refractivity (Wildman–Crippen MR) is 160 cm³/mol. The number of aromatic amines is 1. The van der Waals surface area contributed by atoms with Gasteiger partial charge in [0.05, 0.1) is 11.1 Å². The first-order valence-electron chi connectivity index (χ1n) is 13.5. The summed E-state index contributed by atoms with van der Waals surface area (Å²) in [5, 5.41) is 4.71. The first-order chi connectivity index (χ1) is 19.8. The predicted octanol–water partition coefficient (Wildman–Crippen LogP) is 4.43. The third kappa shape index (κ3) is 4.81. The molecule has 6 rings (SSSR count). The molecule has 5 aromatic rings. The van der Waals surface area contributed by atoms with Crippen LogP contribution < -0.4 is 11.1 Å². The molecule has 0 unspecified atom stereocenters. The van der Waals surface area contributed by atoms with Crippen molar-refractivity contribution in [3.63, 3.8) is 0 Å². The summed E-state index contributed by atoms with van der Waals surface area (Å²) in [5.74, 6) is -0.786. The Morgan fingerprint density at radius 3 is 2.39 bits per heavy atom. The second-order valence-corrected chi connectivity index (χ2v) is 10.4. The molecule has 0 saturated carbocycles. The number of carbonyl (C=O) groups excluding carboxylic acids is 3. The molecular formula is C32H30N6O3.